The Hall–Kier alpha value is -3.48. The predicted octanol–water partition coefficient (Wildman–Crippen LogP) is 5.73. The van der Waals surface area contributed by atoms with Crippen molar-refractivity contribution in [3.63, 3.8) is 0 Å². The maximum atomic E-state index is 12.7. The fourth-order valence-electron chi connectivity index (χ4n) is 2.99. The summed E-state index contributed by atoms with van der Waals surface area (Å²) in [6, 6.07) is 18.3. The minimum absolute atomic E-state index is 0. The fourth-order valence-corrected chi connectivity index (χ4v) is 2.99. The molecule has 0 heterocycles. The van der Waals surface area contributed by atoms with Crippen LogP contribution in [0.4, 0.5) is 0 Å². The molecular formula is C28H30ClNO5. The van der Waals surface area contributed by atoms with Gasteiger partial charge in [0.15, 0.2) is 17.3 Å². The molecule has 3 rings (SSSR count). The second-order valence-corrected chi connectivity index (χ2v) is 9.20. The molecule has 0 aliphatic rings. The number of Topliss-reactive ketones (excluding diaryl/α,β-unsaturated/α-hetero) is 1. The van der Waals surface area contributed by atoms with E-state index in [1.165, 1.54) is 12.1 Å². The van der Waals surface area contributed by atoms with Crippen molar-refractivity contribution in [3.8, 4) is 11.5 Å². The number of nitrogens with one attached hydrogen (secondary N) is 1. The summed E-state index contributed by atoms with van der Waals surface area (Å²) in [6.45, 7) is 9.83. The Labute approximate surface area is 212 Å². The Balaban J connectivity index is 0.00000432. The monoisotopic (exact) mass is 495 g/mol. The third-order valence-corrected chi connectivity index (χ3v) is 5.02. The number of hydrogen-bond donors (Lipinski definition) is 1. The summed E-state index contributed by atoms with van der Waals surface area (Å²) in [6.07, 6.45) is 0. The van der Waals surface area contributed by atoms with Crippen LogP contribution in [0.15, 0.2) is 66.7 Å². The third-order valence-electron chi connectivity index (χ3n) is 5.02. The molecule has 6 nitrogen and oxygen atoms in total. The first-order valence-corrected chi connectivity index (χ1v) is 11.0. The van der Waals surface area contributed by atoms with Crippen LogP contribution in [0.1, 0.15) is 63.0 Å². The van der Waals surface area contributed by atoms with Gasteiger partial charge in [-0.1, -0.05) is 35.4 Å². The van der Waals surface area contributed by atoms with E-state index in [-0.39, 0.29) is 41.8 Å². The lowest BCUT2D eigenvalue weighted by Gasteiger charge is -2.20. The zero-order valence-corrected chi connectivity index (χ0v) is 21.3. The van der Waals surface area contributed by atoms with Gasteiger partial charge in [0.05, 0.1) is 17.7 Å². The Morgan fingerprint density at radius 3 is 1.57 bits per heavy atom. The summed E-state index contributed by atoms with van der Waals surface area (Å²) in [7, 11) is 0. The van der Waals surface area contributed by atoms with Crippen LogP contribution in [0.25, 0.3) is 0 Å². The van der Waals surface area contributed by atoms with Crippen LogP contribution < -0.4 is 14.8 Å². The average Bonchev–Trinajstić information content (AvgIpc) is 2.79. The molecule has 3 aromatic rings. The summed E-state index contributed by atoms with van der Waals surface area (Å²) in [4.78, 5) is 38.1. The molecule has 0 amide bonds. The summed E-state index contributed by atoms with van der Waals surface area (Å²) >= 11 is 0. The first-order valence-electron chi connectivity index (χ1n) is 11.0. The Bertz CT molecular complexity index is 1200. The van der Waals surface area contributed by atoms with Crippen molar-refractivity contribution in [1.82, 2.24) is 5.32 Å². The van der Waals surface area contributed by atoms with E-state index in [9.17, 15) is 14.4 Å². The number of carbonyl (C=O) groups is 3. The van der Waals surface area contributed by atoms with E-state index >= 15 is 0 Å². The molecule has 7 heteroatoms. The molecule has 0 fully saturated rings. The molecule has 0 radical (unpaired) electrons. The summed E-state index contributed by atoms with van der Waals surface area (Å²) in [5, 5.41) is 3.14. The van der Waals surface area contributed by atoms with E-state index in [4.69, 9.17) is 9.47 Å². The van der Waals surface area contributed by atoms with Crippen molar-refractivity contribution in [1.29, 1.82) is 0 Å². The van der Waals surface area contributed by atoms with E-state index in [0.29, 0.717) is 16.7 Å². The molecule has 0 bridgehead atoms. The number of halogens is 1. The molecule has 0 saturated heterocycles. The smallest absolute Gasteiger partial charge is 0.343 e. The highest BCUT2D eigenvalue weighted by Gasteiger charge is 2.20. The van der Waals surface area contributed by atoms with E-state index in [1.54, 1.807) is 54.6 Å². The number of esters is 2. The minimum atomic E-state index is -0.620. The first kappa shape index (κ1) is 27.8. The highest BCUT2D eigenvalue weighted by atomic mass is 35.5. The lowest BCUT2D eigenvalue weighted by molar-refractivity contribution is 0.0682. The number of rotatable bonds is 7. The molecular weight excluding hydrogens is 466 g/mol. The van der Waals surface area contributed by atoms with Crippen molar-refractivity contribution >= 4 is 30.1 Å². The molecule has 1 N–H and O–H groups in total. The maximum absolute atomic E-state index is 12.7. The molecule has 35 heavy (non-hydrogen) atoms. The zero-order chi connectivity index (χ0) is 24.9. The molecule has 184 valence electrons. The molecule has 0 aromatic heterocycles. The quantitative estimate of drug-likeness (QED) is 0.256. The topological polar surface area (TPSA) is 81.7 Å². The standard InChI is InChI=1S/C28H29NO5.ClH/c1-18-6-10-20(11-7-18)26(31)33-24-15-14-22(23(30)17-29-28(3,4)5)16-25(24)34-27(32)21-12-8-19(2)9-13-21;/h6-16,29H,17H2,1-5H3;1H. The zero-order valence-electron chi connectivity index (χ0n) is 20.5. The second kappa shape index (κ2) is 11.8. The minimum Gasteiger partial charge on any atom is -0.419 e. The van der Waals surface area contributed by atoms with Crippen molar-refractivity contribution < 1.29 is 23.9 Å². The molecule has 0 saturated carbocycles. The third kappa shape index (κ3) is 8.05. The van der Waals surface area contributed by atoms with Crippen LogP contribution in [0.2, 0.25) is 0 Å². The van der Waals surface area contributed by atoms with Gasteiger partial charge in [-0.2, -0.15) is 0 Å². The summed E-state index contributed by atoms with van der Waals surface area (Å²) in [5.74, 6) is -1.36. The van der Waals surface area contributed by atoms with E-state index in [1.807, 2.05) is 34.6 Å². The van der Waals surface area contributed by atoms with Gasteiger partial charge < -0.3 is 14.8 Å². The van der Waals surface area contributed by atoms with Gasteiger partial charge in [0.1, 0.15) is 0 Å². The molecule has 3 aromatic carbocycles. The Morgan fingerprint density at radius 2 is 1.11 bits per heavy atom. The van der Waals surface area contributed by atoms with Crippen LogP contribution in [0.5, 0.6) is 11.5 Å². The normalized spacial score (nSPS) is 10.8. The van der Waals surface area contributed by atoms with Crippen molar-refractivity contribution in [2.75, 3.05) is 6.54 Å². The number of ketones is 1. The molecule has 0 unspecified atom stereocenters. The Kier molecular flexibility index (Phi) is 9.34. The van der Waals surface area contributed by atoms with Gasteiger partial charge in [-0.15, -0.1) is 12.4 Å². The maximum Gasteiger partial charge on any atom is 0.343 e. The van der Waals surface area contributed by atoms with Crippen molar-refractivity contribution in [3.05, 3.63) is 94.5 Å². The van der Waals surface area contributed by atoms with Gasteiger partial charge in [-0.25, -0.2) is 9.59 Å². The molecule has 0 aliphatic carbocycles. The highest BCUT2D eigenvalue weighted by molar-refractivity contribution is 5.99. The molecule has 0 spiro atoms. The molecule has 0 atom stereocenters. The van der Waals surface area contributed by atoms with Gasteiger partial charge in [0.2, 0.25) is 0 Å². The van der Waals surface area contributed by atoms with Crippen LogP contribution >= 0.6 is 12.4 Å². The summed E-state index contributed by atoms with van der Waals surface area (Å²) in [5.41, 5.74) is 2.81. The largest absolute Gasteiger partial charge is 0.419 e. The van der Waals surface area contributed by atoms with E-state index in [2.05, 4.69) is 5.32 Å². The summed E-state index contributed by atoms with van der Waals surface area (Å²) < 4.78 is 11.1. The lowest BCUT2D eigenvalue weighted by Crippen LogP contribution is -2.39. The van der Waals surface area contributed by atoms with Gasteiger partial charge in [0.25, 0.3) is 0 Å². The molecule has 0 aliphatic heterocycles. The van der Waals surface area contributed by atoms with Crippen LogP contribution in [0.3, 0.4) is 0 Å². The fraction of sp³-hybridized carbons (Fsp3) is 0.250. The number of aryl methyl sites for hydroxylation is 2. The van der Waals surface area contributed by atoms with Crippen LogP contribution in [0, 0.1) is 13.8 Å². The van der Waals surface area contributed by atoms with E-state index < -0.39 is 11.9 Å². The van der Waals surface area contributed by atoms with Crippen LogP contribution in [-0.4, -0.2) is 29.8 Å². The van der Waals surface area contributed by atoms with Gasteiger partial charge in [-0.3, -0.25) is 4.79 Å². The number of carbonyl (C=O) groups excluding carboxylic acids is 3. The van der Waals surface area contributed by atoms with Crippen LogP contribution in [-0.2, 0) is 0 Å². The lowest BCUT2D eigenvalue weighted by atomic mass is 10.1. The van der Waals surface area contributed by atoms with Crippen molar-refractivity contribution in [2.45, 2.75) is 40.2 Å². The predicted molar refractivity (Wildman–Crippen MR) is 138 cm³/mol. The van der Waals surface area contributed by atoms with Gasteiger partial charge in [-0.05, 0) is 77.1 Å². The number of hydrogen-bond acceptors (Lipinski definition) is 6. The number of ether oxygens (including phenoxy) is 2. The van der Waals surface area contributed by atoms with Gasteiger partial charge in [0, 0.05) is 11.1 Å². The SMILES string of the molecule is Cc1ccc(C(=O)Oc2ccc(C(=O)CNC(C)(C)C)cc2OC(=O)c2ccc(C)cc2)cc1.Cl. The van der Waals surface area contributed by atoms with Crippen molar-refractivity contribution in [2.24, 2.45) is 0 Å². The van der Waals surface area contributed by atoms with Gasteiger partial charge >= 0.3 is 11.9 Å². The Morgan fingerprint density at radius 1 is 0.686 bits per heavy atom. The average molecular weight is 496 g/mol. The van der Waals surface area contributed by atoms with E-state index in [0.717, 1.165) is 11.1 Å². The highest BCUT2D eigenvalue weighted by Crippen LogP contribution is 2.30. The second-order valence-electron chi connectivity index (χ2n) is 9.20. The number of benzene rings is 3. The first-order chi connectivity index (χ1) is 16.0.